The quantitative estimate of drug-likeness (QED) is 0.619. The maximum atomic E-state index is 11.8. The number of hydrogen-bond acceptors (Lipinski definition) is 6. The van der Waals surface area contributed by atoms with E-state index >= 15 is 0 Å². The first-order valence-electron chi connectivity index (χ1n) is 6.65. The van der Waals surface area contributed by atoms with Crippen molar-refractivity contribution in [3.05, 3.63) is 30.2 Å². The lowest BCUT2D eigenvalue weighted by atomic mass is 10.3. The Morgan fingerprint density at radius 3 is 2.95 bits per heavy atom. The van der Waals surface area contributed by atoms with Gasteiger partial charge < -0.3 is 19.0 Å². The van der Waals surface area contributed by atoms with E-state index < -0.39 is 0 Å². The number of esters is 1. The van der Waals surface area contributed by atoms with Gasteiger partial charge in [0.1, 0.15) is 0 Å². The van der Waals surface area contributed by atoms with Gasteiger partial charge in [0.25, 0.3) is 5.91 Å². The van der Waals surface area contributed by atoms with Gasteiger partial charge in [-0.25, -0.2) is 0 Å². The van der Waals surface area contributed by atoms with E-state index in [9.17, 15) is 9.59 Å². The van der Waals surface area contributed by atoms with E-state index in [1.807, 2.05) is 0 Å². The summed E-state index contributed by atoms with van der Waals surface area (Å²) in [4.78, 5) is 22.9. The fourth-order valence-electron chi connectivity index (χ4n) is 1.68. The zero-order valence-corrected chi connectivity index (χ0v) is 11.6. The van der Waals surface area contributed by atoms with Crippen molar-refractivity contribution in [2.75, 3.05) is 13.2 Å². The van der Waals surface area contributed by atoms with Gasteiger partial charge in [-0.3, -0.25) is 9.59 Å². The zero-order valence-electron chi connectivity index (χ0n) is 11.6. The van der Waals surface area contributed by atoms with Crippen molar-refractivity contribution < 1.29 is 23.3 Å². The third-order valence-electron chi connectivity index (χ3n) is 2.66. The second-order valence-corrected chi connectivity index (χ2v) is 4.22. The molecular formula is C14H16N2O5. The zero-order chi connectivity index (χ0) is 15.1. The molecule has 112 valence electrons. The Labute approximate surface area is 121 Å². The Morgan fingerprint density at radius 2 is 2.24 bits per heavy atom. The molecule has 2 aromatic rings. The number of aromatic nitrogens is 1. The summed E-state index contributed by atoms with van der Waals surface area (Å²) in [6.07, 6.45) is 2.28. The summed E-state index contributed by atoms with van der Waals surface area (Å²) in [5.41, 5.74) is 0.164. The highest BCUT2D eigenvalue weighted by Gasteiger charge is 2.14. The molecule has 0 atom stereocenters. The molecular weight excluding hydrogens is 276 g/mol. The van der Waals surface area contributed by atoms with Crippen LogP contribution in [0.2, 0.25) is 0 Å². The third kappa shape index (κ3) is 4.20. The average Bonchev–Trinajstić information content (AvgIpc) is 3.13. The van der Waals surface area contributed by atoms with E-state index in [-0.39, 0.29) is 24.0 Å². The molecule has 0 aliphatic carbocycles. The summed E-state index contributed by atoms with van der Waals surface area (Å²) >= 11 is 0. The molecule has 0 aliphatic rings. The Hall–Kier alpha value is -2.57. The summed E-state index contributed by atoms with van der Waals surface area (Å²) in [5, 5.41) is 6.33. The number of furan rings is 1. The Morgan fingerprint density at radius 1 is 1.38 bits per heavy atom. The fourth-order valence-corrected chi connectivity index (χ4v) is 1.68. The van der Waals surface area contributed by atoms with Gasteiger partial charge in [-0.2, -0.15) is 0 Å². The van der Waals surface area contributed by atoms with Crippen molar-refractivity contribution >= 4 is 11.9 Å². The number of ether oxygens (including phenoxy) is 1. The summed E-state index contributed by atoms with van der Waals surface area (Å²) in [7, 11) is 0. The van der Waals surface area contributed by atoms with Crippen LogP contribution in [0.5, 0.6) is 0 Å². The largest absolute Gasteiger partial charge is 0.466 e. The van der Waals surface area contributed by atoms with E-state index in [0.29, 0.717) is 31.1 Å². The van der Waals surface area contributed by atoms with Gasteiger partial charge in [-0.1, -0.05) is 5.16 Å². The molecule has 0 saturated carbocycles. The molecule has 21 heavy (non-hydrogen) atoms. The normalized spacial score (nSPS) is 10.3. The highest BCUT2D eigenvalue weighted by molar-refractivity contribution is 5.92. The highest BCUT2D eigenvalue weighted by atomic mass is 16.5. The van der Waals surface area contributed by atoms with E-state index in [1.54, 1.807) is 19.1 Å². The van der Waals surface area contributed by atoms with Crippen LogP contribution in [0.25, 0.3) is 11.5 Å². The predicted octanol–water partition coefficient (Wildman–Crippen LogP) is 2.01. The molecule has 2 rings (SSSR count). The van der Waals surface area contributed by atoms with Gasteiger partial charge in [-0.05, 0) is 25.5 Å². The van der Waals surface area contributed by atoms with Gasteiger partial charge in [0.2, 0.25) is 5.76 Å². The number of rotatable bonds is 7. The molecule has 2 heterocycles. The first kappa shape index (κ1) is 14.8. The molecule has 0 radical (unpaired) electrons. The molecule has 0 aliphatic heterocycles. The van der Waals surface area contributed by atoms with Crippen molar-refractivity contribution in [1.82, 2.24) is 10.5 Å². The number of carbonyl (C=O) groups is 2. The van der Waals surface area contributed by atoms with E-state index in [0.717, 1.165) is 0 Å². The standard InChI is InChI=1S/C14H16N2O5/c1-2-19-13(17)6-3-7-15-14(18)10-9-12(21-16-10)11-5-4-8-20-11/h4-5,8-9H,2-3,6-7H2,1H3,(H,15,18). The van der Waals surface area contributed by atoms with Crippen LogP contribution in [0.4, 0.5) is 0 Å². The Balaban J connectivity index is 1.78. The van der Waals surface area contributed by atoms with E-state index in [4.69, 9.17) is 13.7 Å². The van der Waals surface area contributed by atoms with Gasteiger partial charge >= 0.3 is 5.97 Å². The lowest BCUT2D eigenvalue weighted by Crippen LogP contribution is -2.25. The molecule has 7 heteroatoms. The van der Waals surface area contributed by atoms with Gasteiger partial charge in [-0.15, -0.1) is 0 Å². The number of hydrogen-bond donors (Lipinski definition) is 1. The summed E-state index contributed by atoms with van der Waals surface area (Å²) in [6.45, 7) is 2.47. The molecule has 0 aromatic carbocycles. The SMILES string of the molecule is CCOC(=O)CCCNC(=O)c1cc(-c2ccco2)on1. The van der Waals surface area contributed by atoms with Gasteiger partial charge in [0.05, 0.1) is 12.9 Å². The lowest BCUT2D eigenvalue weighted by molar-refractivity contribution is -0.143. The van der Waals surface area contributed by atoms with Gasteiger partial charge in [0.15, 0.2) is 11.5 Å². The topological polar surface area (TPSA) is 94.6 Å². The number of nitrogens with zero attached hydrogens (tertiary/aromatic N) is 1. The minimum atomic E-state index is -0.361. The summed E-state index contributed by atoms with van der Waals surface area (Å²) < 4.78 is 15.0. The number of nitrogens with one attached hydrogen (secondary N) is 1. The first-order valence-corrected chi connectivity index (χ1v) is 6.65. The molecule has 0 unspecified atom stereocenters. The van der Waals surface area contributed by atoms with Crippen molar-refractivity contribution in [2.45, 2.75) is 19.8 Å². The van der Waals surface area contributed by atoms with Crippen molar-refractivity contribution in [3.8, 4) is 11.5 Å². The van der Waals surface area contributed by atoms with Crippen molar-refractivity contribution in [3.63, 3.8) is 0 Å². The minimum Gasteiger partial charge on any atom is -0.466 e. The van der Waals surface area contributed by atoms with Crippen molar-refractivity contribution in [2.24, 2.45) is 0 Å². The average molecular weight is 292 g/mol. The van der Waals surface area contributed by atoms with Crippen LogP contribution in [0.1, 0.15) is 30.3 Å². The molecule has 7 nitrogen and oxygen atoms in total. The molecule has 0 spiro atoms. The second kappa shape index (κ2) is 7.28. The maximum absolute atomic E-state index is 11.8. The summed E-state index contributed by atoms with van der Waals surface area (Å²) in [5.74, 6) is 0.259. The van der Waals surface area contributed by atoms with Crippen LogP contribution in [0, 0.1) is 0 Å². The molecule has 1 amide bonds. The molecule has 0 saturated heterocycles. The van der Waals surface area contributed by atoms with Crippen LogP contribution in [-0.2, 0) is 9.53 Å². The maximum Gasteiger partial charge on any atom is 0.305 e. The molecule has 0 bridgehead atoms. The molecule has 1 N–H and O–H groups in total. The predicted molar refractivity (Wildman–Crippen MR) is 72.4 cm³/mol. The number of carbonyl (C=O) groups excluding carboxylic acids is 2. The Kier molecular flexibility index (Phi) is 5.14. The third-order valence-corrected chi connectivity index (χ3v) is 2.66. The van der Waals surface area contributed by atoms with E-state index in [2.05, 4.69) is 10.5 Å². The number of amides is 1. The van der Waals surface area contributed by atoms with Crippen molar-refractivity contribution in [1.29, 1.82) is 0 Å². The fraction of sp³-hybridized carbons (Fsp3) is 0.357. The van der Waals surface area contributed by atoms with E-state index in [1.165, 1.54) is 12.3 Å². The van der Waals surface area contributed by atoms with Gasteiger partial charge in [0, 0.05) is 19.0 Å². The Bertz CT molecular complexity index is 588. The summed E-state index contributed by atoms with van der Waals surface area (Å²) in [6, 6.07) is 4.92. The first-order chi connectivity index (χ1) is 10.2. The van der Waals surface area contributed by atoms with Crippen LogP contribution in [0.3, 0.4) is 0 Å². The smallest absolute Gasteiger partial charge is 0.305 e. The van der Waals surface area contributed by atoms with Crippen LogP contribution >= 0.6 is 0 Å². The minimum absolute atomic E-state index is 0.164. The van der Waals surface area contributed by atoms with Crippen LogP contribution < -0.4 is 5.32 Å². The second-order valence-electron chi connectivity index (χ2n) is 4.22. The highest BCUT2D eigenvalue weighted by Crippen LogP contribution is 2.20. The monoisotopic (exact) mass is 292 g/mol. The molecule has 0 fully saturated rings. The van der Waals surface area contributed by atoms with Crippen LogP contribution in [0.15, 0.2) is 33.4 Å². The molecule has 2 aromatic heterocycles. The lowest BCUT2D eigenvalue weighted by Gasteiger charge is -2.02. The van der Waals surface area contributed by atoms with Crippen LogP contribution in [-0.4, -0.2) is 30.2 Å².